The maximum Gasteiger partial charge on any atom is 0.303 e. The minimum atomic E-state index is -0.891. The minimum absolute atomic E-state index is 0.0133. The highest BCUT2D eigenvalue weighted by Gasteiger charge is 2.11. The first-order chi connectivity index (χ1) is 9.41. The molecule has 1 aromatic rings. The first kappa shape index (κ1) is 15.7. The van der Waals surface area contributed by atoms with Gasteiger partial charge in [-0.3, -0.25) is 14.4 Å². The molecule has 2 amide bonds. The summed E-state index contributed by atoms with van der Waals surface area (Å²) in [5.41, 5.74) is 0.821. The molecule has 108 valence electrons. The first-order valence-electron chi connectivity index (χ1n) is 6.23. The number of carbonyl (C=O) groups is 3. The van der Waals surface area contributed by atoms with E-state index in [0.29, 0.717) is 17.5 Å². The SMILES string of the molecule is CN(C)C(=O)c1cccc(C(=O)NCCCC(=O)O)c1. The second kappa shape index (κ2) is 7.28. The number of hydrogen-bond acceptors (Lipinski definition) is 3. The van der Waals surface area contributed by atoms with Gasteiger partial charge in [-0.05, 0) is 24.6 Å². The third-order valence-corrected chi connectivity index (χ3v) is 2.63. The molecular weight excluding hydrogens is 260 g/mol. The molecule has 1 aromatic carbocycles. The van der Waals surface area contributed by atoms with Crippen molar-refractivity contribution in [1.82, 2.24) is 10.2 Å². The summed E-state index contributed by atoms with van der Waals surface area (Å²) < 4.78 is 0. The molecule has 0 heterocycles. The van der Waals surface area contributed by atoms with E-state index in [1.165, 1.54) is 11.0 Å². The van der Waals surface area contributed by atoms with E-state index in [2.05, 4.69) is 5.32 Å². The number of carbonyl (C=O) groups excluding carboxylic acids is 2. The monoisotopic (exact) mass is 278 g/mol. The smallest absolute Gasteiger partial charge is 0.303 e. The molecule has 0 fully saturated rings. The van der Waals surface area contributed by atoms with E-state index < -0.39 is 5.97 Å². The number of aliphatic carboxylic acids is 1. The molecule has 0 aliphatic rings. The van der Waals surface area contributed by atoms with Crippen LogP contribution in [0.25, 0.3) is 0 Å². The van der Waals surface area contributed by atoms with Gasteiger partial charge in [0.2, 0.25) is 0 Å². The molecule has 0 saturated heterocycles. The van der Waals surface area contributed by atoms with E-state index in [0.717, 1.165) is 0 Å². The van der Waals surface area contributed by atoms with Gasteiger partial charge in [0, 0.05) is 38.2 Å². The second-order valence-electron chi connectivity index (χ2n) is 4.53. The van der Waals surface area contributed by atoms with Crippen LogP contribution in [0.3, 0.4) is 0 Å². The molecule has 0 aliphatic carbocycles. The second-order valence-corrected chi connectivity index (χ2v) is 4.53. The van der Waals surface area contributed by atoms with Gasteiger partial charge < -0.3 is 15.3 Å². The van der Waals surface area contributed by atoms with Crippen LogP contribution in [-0.4, -0.2) is 48.4 Å². The zero-order valence-corrected chi connectivity index (χ0v) is 11.5. The molecule has 20 heavy (non-hydrogen) atoms. The van der Waals surface area contributed by atoms with Gasteiger partial charge in [-0.2, -0.15) is 0 Å². The van der Waals surface area contributed by atoms with Crippen molar-refractivity contribution < 1.29 is 19.5 Å². The van der Waals surface area contributed by atoms with Crippen molar-refractivity contribution in [3.05, 3.63) is 35.4 Å². The highest BCUT2D eigenvalue weighted by molar-refractivity contribution is 5.99. The van der Waals surface area contributed by atoms with Crippen LogP contribution in [0.4, 0.5) is 0 Å². The fourth-order valence-electron chi connectivity index (χ4n) is 1.60. The molecule has 0 saturated carbocycles. The van der Waals surface area contributed by atoms with Gasteiger partial charge >= 0.3 is 5.97 Å². The van der Waals surface area contributed by atoms with Gasteiger partial charge in [0.05, 0.1) is 0 Å². The normalized spacial score (nSPS) is 9.90. The predicted octanol–water partition coefficient (Wildman–Crippen LogP) is 0.983. The topological polar surface area (TPSA) is 86.7 Å². The summed E-state index contributed by atoms with van der Waals surface area (Å²) in [4.78, 5) is 35.4. The van der Waals surface area contributed by atoms with Gasteiger partial charge in [0.25, 0.3) is 11.8 Å². The molecule has 6 heteroatoms. The van der Waals surface area contributed by atoms with Gasteiger partial charge in [-0.1, -0.05) is 6.07 Å². The molecule has 0 bridgehead atoms. The molecule has 2 N–H and O–H groups in total. The molecule has 0 unspecified atom stereocenters. The summed E-state index contributed by atoms with van der Waals surface area (Å²) in [5, 5.41) is 11.1. The van der Waals surface area contributed by atoms with Gasteiger partial charge in [0.15, 0.2) is 0 Å². The Bertz CT molecular complexity index is 512. The lowest BCUT2D eigenvalue weighted by Crippen LogP contribution is -2.26. The lowest BCUT2D eigenvalue weighted by atomic mass is 10.1. The summed E-state index contributed by atoms with van der Waals surface area (Å²) >= 11 is 0. The maximum absolute atomic E-state index is 11.9. The van der Waals surface area contributed by atoms with Crippen LogP contribution in [0.1, 0.15) is 33.6 Å². The quantitative estimate of drug-likeness (QED) is 0.759. The number of benzene rings is 1. The van der Waals surface area contributed by atoms with Crippen LogP contribution < -0.4 is 5.32 Å². The van der Waals surface area contributed by atoms with Crippen molar-refractivity contribution >= 4 is 17.8 Å². The van der Waals surface area contributed by atoms with Crippen molar-refractivity contribution in [2.24, 2.45) is 0 Å². The number of amides is 2. The number of nitrogens with one attached hydrogen (secondary N) is 1. The number of hydrogen-bond donors (Lipinski definition) is 2. The van der Waals surface area contributed by atoms with Crippen molar-refractivity contribution in [3.63, 3.8) is 0 Å². The third-order valence-electron chi connectivity index (χ3n) is 2.63. The van der Waals surface area contributed by atoms with E-state index in [4.69, 9.17) is 5.11 Å². The van der Waals surface area contributed by atoms with Crippen LogP contribution >= 0.6 is 0 Å². The Morgan fingerprint density at radius 1 is 1.20 bits per heavy atom. The molecule has 0 aliphatic heterocycles. The van der Waals surface area contributed by atoms with Crippen LogP contribution in [0, 0.1) is 0 Å². The van der Waals surface area contributed by atoms with Gasteiger partial charge in [-0.15, -0.1) is 0 Å². The van der Waals surface area contributed by atoms with E-state index >= 15 is 0 Å². The Kier molecular flexibility index (Phi) is 5.71. The zero-order chi connectivity index (χ0) is 15.1. The van der Waals surface area contributed by atoms with Crippen LogP contribution in [-0.2, 0) is 4.79 Å². The van der Waals surface area contributed by atoms with E-state index in [-0.39, 0.29) is 24.8 Å². The summed E-state index contributed by atoms with van der Waals surface area (Å²) in [6.07, 6.45) is 0.386. The highest BCUT2D eigenvalue weighted by Crippen LogP contribution is 2.07. The van der Waals surface area contributed by atoms with Crippen LogP contribution in [0.15, 0.2) is 24.3 Å². The van der Waals surface area contributed by atoms with E-state index in [9.17, 15) is 14.4 Å². The van der Waals surface area contributed by atoms with Gasteiger partial charge in [-0.25, -0.2) is 0 Å². The van der Waals surface area contributed by atoms with Crippen molar-refractivity contribution in [2.45, 2.75) is 12.8 Å². The maximum atomic E-state index is 11.9. The lowest BCUT2D eigenvalue weighted by molar-refractivity contribution is -0.137. The Labute approximate surface area is 117 Å². The fourth-order valence-corrected chi connectivity index (χ4v) is 1.60. The Hall–Kier alpha value is -2.37. The van der Waals surface area contributed by atoms with Crippen molar-refractivity contribution in [3.8, 4) is 0 Å². The van der Waals surface area contributed by atoms with E-state index in [1.807, 2.05) is 0 Å². The molecule has 6 nitrogen and oxygen atoms in total. The lowest BCUT2D eigenvalue weighted by Gasteiger charge is -2.11. The highest BCUT2D eigenvalue weighted by atomic mass is 16.4. The summed E-state index contributed by atoms with van der Waals surface area (Å²) in [6, 6.07) is 6.42. The standard InChI is InChI=1S/C14H18N2O4/c1-16(2)14(20)11-6-3-5-10(9-11)13(19)15-8-4-7-12(17)18/h3,5-6,9H,4,7-8H2,1-2H3,(H,15,19)(H,17,18). The largest absolute Gasteiger partial charge is 0.481 e. The number of rotatable bonds is 6. The molecule has 0 aromatic heterocycles. The number of nitrogens with zero attached hydrogens (tertiary/aromatic N) is 1. The zero-order valence-electron chi connectivity index (χ0n) is 11.5. The average molecular weight is 278 g/mol. The fraction of sp³-hybridized carbons (Fsp3) is 0.357. The van der Waals surface area contributed by atoms with Crippen molar-refractivity contribution in [1.29, 1.82) is 0 Å². The molecule has 0 radical (unpaired) electrons. The number of carboxylic acid groups (broad SMARTS) is 1. The summed E-state index contributed by atoms with van der Waals surface area (Å²) in [6.45, 7) is 0.289. The Balaban J connectivity index is 2.62. The minimum Gasteiger partial charge on any atom is -0.481 e. The predicted molar refractivity (Wildman–Crippen MR) is 73.7 cm³/mol. The third kappa shape index (κ3) is 4.72. The molecule has 1 rings (SSSR count). The number of carboxylic acids is 1. The van der Waals surface area contributed by atoms with E-state index in [1.54, 1.807) is 32.3 Å². The van der Waals surface area contributed by atoms with Crippen LogP contribution in [0.2, 0.25) is 0 Å². The first-order valence-corrected chi connectivity index (χ1v) is 6.23. The van der Waals surface area contributed by atoms with Crippen LogP contribution in [0.5, 0.6) is 0 Å². The average Bonchev–Trinajstić information content (AvgIpc) is 2.42. The Morgan fingerprint density at radius 3 is 2.45 bits per heavy atom. The van der Waals surface area contributed by atoms with Crippen molar-refractivity contribution in [2.75, 3.05) is 20.6 Å². The summed E-state index contributed by atoms with van der Waals surface area (Å²) in [7, 11) is 3.28. The molecular formula is C14H18N2O4. The summed E-state index contributed by atoms with van der Waals surface area (Å²) in [5.74, 6) is -1.38. The molecule has 0 atom stereocenters. The van der Waals surface area contributed by atoms with Gasteiger partial charge in [0.1, 0.15) is 0 Å². The molecule has 0 spiro atoms. The Morgan fingerprint density at radius 2 is 1.85 bits per heavy atom.